The lowest BCUT2D eigenvalue weighted by Crippen LogP contribution is -2.01. The topological polar surface area (TPSA) is 64.9 Å². The van der Waals surface area contributed by atoms with E-state index in [4.69, 9.17) is 11.5 Å². The Morgan fingerprint density at radius 3 is 2.62 bits per heavy atom. The van der Waals surface area contributed by atoms with Crippen LogP contribution in [0, 0.1) is 5.82 Å². The normalized spacial score (nSPS) is 10.3. The second-order valence-electron chi connectivity index (χ2n) is 3.59. The lowest BCUT2D eigenvalue weighted by molar-refractivity contribution is 0.626. The lowest BCUT2D eigenvalue weighted by Gasteiger charge is -2.05. The summed E-state index contributed by atoms with van der Waals surface area (Å²) in [7, 11) is 0. The number of anilines is 2. The summed E-state index contributed by atoms with van der Waals surface area (Å²) >= 11 is 0. The predicted molar refractivity (Wildman–Crippen MR) is 62.3 cm³/mol. The molecule has 0 unspecified atom stereocenters. The number of nitrogen functional groups attached to an aromatic ring is 2. The van der Waals surface area contributed by atoms with E-state index in [9.17, 15) is 4.39 Å². The largest absolute Gasteiger partial charge is 0.384 e. The van der Waals surface area contributed by atoms with Gasteiger partial charge in [-0.15, -0.1) is 0 Å². The molecule has 4 heteroatoms. The number of nitrogens with two attached hydrogens (primary N) is 2. The van der Waals surface area contributed by atoms with Crippen molar-refractivity contribution < 1.29 is 4.39 Å². The van der Waals surface area contributed by atoms with Crippen molar-refractivity contribution in [2.45, 2.75) is 6.42 Å². The molecule has 2 rings (SSSR count). The molecular weight excluding hydrogens is 205 g/mol. The van der Waals surface area contributed by atoms with E-state index in [0.29, 0.717) is 18.1 Å². The first-order valence-electron chi connectivity index (χ1n) is 4.90. The maximum Gasteiger partial charge on any atom is 0.129 e. The second kappa shape index (κ2) is 4.18. The van der Waals surface area contributed by atoms with Crippen molar-refractivity contribution in [2.24, 2.45) is 0 Å². The van der Waals surface area contributed by atoms with Crippen molar-refractivity contribution in [3.8, 4) is 0 Å². The van der Waals surface area contributed by atoms with Crippen LogP contribution < -0.4 is 11.5 Å². The van der Waals surface area contributed by atoms with E-state index in [-0.39, 0.29) is 5.82 Å². The third-order valence-electron chi connectivity index (χ3n) is 2.32. The van der Waals surface area contributed by atoms with Gasteiger partial charge in [0.2, 0.25) is 0 Å². The monoisotopic (exact) mass is 217 g/mol. The number of hydrogen-bond donors (Lipinski definition) is 2. The zero-order valence-electron chi connectivity index (χ0n) is 8.65. The summed E-state index contributed by atoms with van der Waals surface area (Å²) in [6.07, 6.45) is 0.552. The summed E-state index contributed by atoms with van der Waals surface area (Å²) in [5.74, 6) is 0.532. The highest BCUT2D eigenvalue weighted by Crippen LogP contribution is 2.16. The smallest absolute Gasteiger partial charge is 0.129 e. The fraction of sp³-hybridized carbons (Fsp3) is 0.0833. The average molecular weight is 217 g/mol. The first-order valence-corrected chi connectivity index (χ1v) is 4.90. The Kier molecular flexibility index (Phi) is 2.72. The molecule has 16 heavy (non-hydrogen) atoms. The number of hydrogen-bond acceptors (Lipinski definition) is 3. The van der Waals surface area contributed by atoms with Gasteiger partial charge in [0.15, 0.2) is 0 Å². The molecule has 0 saturated carbocycles. The molecule has 2 aromatic rings. The van der Waals surface area contributed by atoms with Gasteiger partial charge in [-0.3, -0.25) is 0 Å². The summed E-state index contributed by atoms with van der Waals surface area (Å²) in [5.41, 5.74) is 12.9. The number of aromatic nitrogens is 1. The summed E-state index contributed by atoms with van der Waals surface area (Å²) < 4.78 is 13.0. The zero-order valence-corrected chi connectivity index (χ0v) is 8.65. The van der Waals surface area contributed by atoms with Crippen molar-refractivity contribution in [3.05, 3.63) is 53.3 Å². The molecule has 4 N–H and O–H groups in total. The number of nitrogens with zero attached hydrogens (tertiary/aromatic N) is 1. The van der Waals surface area contributed by atoms with E-state index in [0.717, 1.165) is 11.1 Å². The molecule has 1 heterocycles. The predicted octanol–water partition coefficient (Wildman–Crippen LogP) is 1.98. The van der Waals surface area contributed by atoms with Gasteiger partial charge < -0.3 is 11.5 Å². The third-order valence-corrected chi connectivity index (χ3v) is 2.32. The highest BCUT2D eigenvalue weighted by atomic mass is 19.1. The van der Waals surface area contributed by atoms with E-state index in [1.807, 2.05) is 12.1 Å². The van der Waals surface area contributed by atoms with Crippen LogP contribution in [0.3, 0.4) is 0 Å². The Morgan fingerprint density at radius 1 is 1.12 bits per heavy atom. The molecule has 0 fully saturated rings. The van der Waals surface area contributed by atoms with Gasteiger partial charge in [-0.2, -0.15) is 0 Å². The van der Waals surface area contributed by atoms with Crippen LogP contribution in [0.15, 0.2) is 36.4 Å². The Balaban J connectivity index is 2.27. The van der Waals surface area contributed by atoms with E-state index in [1.54, 1.807) is 12.1 Å². The molecule has 0 aliphatic heterocycles. The van der Waals surface area contributed by atoms with Gasteiger partial charge in [0.25, 0.3) is 0 Å². The quantitative estimate of drug-likeness (QED) is 0.808. The van der Waals surface area contributed by atoms with Crippen LogP contribution in [-0.2, 0) is 6.42 Å². The van der Waals surface area contributed by atoms with E-state index in [2.05, 4.69) is 4.98 Å². The van der Waals surface area contributed by atoms with Crippen LogP contribution in [0.25, 0.3) is 0 Å². The Morgan fingerprint density at radius 2 is 1.94 bits per heavy atom. The lowest BCUT2D eigenvalue weighted by atomic mass is 10.1. The molecule has 0 atom stereocenters. The molecule has 0 amide bonds. The van der Waals surface area contributed by atoms with Crippen LogP contribution in [0.1, 0.15) is 11.1 Å². The zero-order chi connectivity index (χ0) is 11.5. The van der Waals surface area contributed by atoms with Crippen molar-refractivity contribution in [1.82, 2.24) is 4.98 Å². The minimum absolute atomic E-state index is 0.250. The van der Waals surface area contributed by atoms with Gasteiger partial charge in [-0.1, -0.05) is 18.2 Å². The fourth-order valence-electron chi connectivity index (χ4n) is 1.54. The second-order valence-corrected chi connectivity index (χ2v) is 3.59. The highest BCUT2D eigenvalue weighted by molar-refractivity contribution is 5.48. The van der Waals surface area contributed by atoms with Crippen LogP contribution in [0.4, 0.5) is 16.0 Å². The molecule has 0 aliphatic carbocycles. The number of rotatable bonds is 2. The Hall–Kier alpha value is -2.10. The third kappa shape index (κ3) is 2.28. The van der Waals surface area contributed by atoms with Crippen LogP contribution in [0.5, 0.6) is 0 Å². The Labute approximate surface area is 92.9 Å². The highest BCUT2D eigenvalue weighted by Gasteiger charge is 2.03. The molecule has 3 nitrogen and oxygen atoms in total. The fourth-order valence-corrected chi connectivity index (χ4v) is 1.54. The van der Waals surface area contributed by atoms with Gasteiger partial charge in [0, 0.05) is 6.42 Å². The first kappa shape index (κ1) is 10.4. The summed E-state index contributed by atoms with van der Waals surface area (Å²) in [5, 5.41) is 0. The molecular formula is C12H12FN3. The van der Waals surface area contributed by atoms with Crippen molar-refractivity contribution in [1.29, 1.82) is 0 Å². The van der Waals surface area contributed by atoms with Gasteiger partial charge in [0.1, 0.15) is 17.5 Å². The van der Waals surface area contributed by atoms with E-state index >= 15 is 0 Å². The first-order chi connectivity index (χ1) is 7.65. The maximum atomic E-state index is 13.0. The maximum absolute atomic E-state index is 13.0. The van der Waals surface area contributed by atoms with Crippen LogP contribution >= 0.6 is 0 Å². The minimum Gasteiger partial charge on any atom is -0.384 e. The number of benzene rings is 1. The molecule has 0 saturated heterocycles. The molecule has 1 aromatic heterocycles. The van der Waals surface area contributed by atoms with Gasteiger partial charge in [0.05, 0.1) is 0 Å². The van der Waals surface area contributed by atoms with Crippen LogP contribution in [0.2, 0.25) is 0 Å². The van der Waals surface area contributed by atoms with Crippen molar-refractivity contribution >= 4 is 11.6 Å². The average Bonchev–Trinajstić information content (AvgIpc) is 2.22. The van der Waals surface area contributed by atoms with Crippen molar-refractivity contribution in [2.75, 3.05) is 11.5 Å². The molecule has 0 aliphatic rings. The number of halogens is 1. The summed E-state index contributed by atoms with van der Waals surface area (Å²) in [6.45, 7) is 0. The minimum atomic E-state index is -0.250. The summed E-state index contributed by atoms with van der Waals surface area (Å²) in [6, 6.07) is 9.90. The Bertz CT molecular complexity index is 511. The molecule has 0 spiro atoms. The van der Waals surface area contributed by atoms with E-state index in [1.165, 1.54) is 12.1 Å². The summed E-state index contributed by atoms with van der Waals surface area (Å²) in [4.78, 5) is 3.95. The number of pyridine rings is 1. The molecule has 0 radical (unpaired) electrons. The molecule has 82 valence electrons. The van der Waals surface area contributed by atoms with Crippen molar-refractivity contribution in [3.63, 3.8) is 0 Å². The van der Waals surface area contributed by atoms with Crippen LogP contribution in [-0.4, -0.2) is 4.98 Å². The van der Waals surface area contributed by atoms with E-state index < -0.39 is 0 Å². The van der Waals surface area contributed by atoms with Gasteiger partial charge in [-0.05, 0) is 29.3 Å². The molecule has 0 bridgehead atoms. The van der Waals surface area contributed by atoms with Gasteiger partial charge in [-0.25, -0.2) is 9.37 Å². The van der Waals surface area contributed by atoms with Gasteiger partial charge >= 0.3 is 0 Å². The SMILES string of the molecule is Nc1ccc(Cc2cccc(F)c2)c(N)n1. The molecule has 1 aromatic carbocycles. The standard InChI is InChI=1S/C12H12FN3/c13-10-3-1-2-8(7-10)6-9-4-5-11(14)16-12(9)15/h1-5,7H,6H2,(H4,14,15,16).